The van der Waals surface area contributed by atoms with Gasteiger partial charge in [-0.1, -0.05) is 18.2 Å². The van der Waals surface area contributed by atoms with Gasteiger partial charge in [0, 0.05) is 12.5 Å². The Morgan fingerprint density at radius 2 is 1.56 bits per heavy atom. The second-order valence-corrected chi connectivity index (χ2v) is 8.95. The Bertz CT molecular complexity index is 668. The maximum absolute atomic E-state index is 11.1. The van der Waals surface area contributed by atoms with Crippen molar-refractivity contribution < 1.29 is 29.3 Å². The van der Waals surface area contributed by atoms with E-state index in [1.54, 1.807) is 6.92 Å². The number of aliphatic carboxylic acids is 2. The number of allylic oxidation sites excluding steroid dienone is 2. The van der Waals surface area contributed by atoms with Crippen molar-refractivity contribution in [2.24, 2.45) is 23.2 Å². The van der Waals surface area contributed by atoms with Crippen LogP contribution in [0.15, 0.2) is 23.8 Å². The number of esters is 1. The van der Waals surface area contributed by atoms with E-state index in [1.807, 2.05) is 0 Å². The van der Waals surface area contributed by atoms with E-state index in [-0.39, 0.29) is 23.6 Å². The highest BCUT2D eigenvalue weighted by molar-refractivity contribution is 5.90. The Morgan fingerprint density at radius 1 is 1.04 bits per heavy atom. The summed E-state index contributed by atoms with van der Waals surface area (Å²) < 4.78 is 5.61. The number of carboxylic acid groups (broad SMARTS) is 2. The number of rotatable bonds is 3. The number of carboxylic acids is 2. The molecule has 2 N–H and O–H groups in total. The van der Waals surface area contributed by atoms with Gasteiger partial charge in [-0.05, 0) is 69.6 Å². The number of carbonyl (C=O) groups is 3. The van der Waals surface area contributed by atoms with E-state index in [9.17, 15) is 14.4 Å². The Balaban J connectivity index is 0.000000157. The minimum atomic E-state index is -1.08. The van der Waals surface area contributed by atoms with Crippen LogP contribution in [0.25, 0.3) is 0 Å². The molecule has 1 atom stereocenters. The minimum Gasteiger partial charge on any atom is -0.481 e. The zero-order chi connectivity index (χ0) is 19.8. The lowest BCUT2D eigenvalue weighted by atomic mass is 9.54. The SMILES string of the molecule is CC(=O)OC12CC3CC(CC(C3)C1)C2.CC1(C(=O)O)C=CC=C(C(=O)O)C1. The van der Waals surface area contributed by atoms with Crippen LogP contribution < -0.4 is 0 Å². The van der Waals surface area contributed by atoms with Gasteiger partial charge in [0.15, 0.2) is 0 Å². The standard InChI is InChI=1S/C12H18O2.C9H10O4/c1-8(13)14-12-5-9-2-10(6-12)4-11(3-9)7-12;1-9(8(12)13)4-2-3-6(5-9)7(10)11/h9-11H,2-7H2,1H3;2-4H,5H2,1H3,(H,10,11)(H,12,13). The van der Waals surface area contributed by atoms with Crippen LogP contribution in [-0.4, -0.2) is 33.7 Å². The molecule has 4 fully saturated rings. The summed E-state index contributed by atoms with van der Waals surface area (Å²) in [4.78, 5) is 32.4. The Morgan fingerprint density at radius 3 is 1.96 bits per heavy atom. The molecule has 0 aromatic heterocycles. The van der Waals surface area contributed by atoms with Gasteiger partial charge >= 0.3 is 17.9 Å². The zero-order valence-corrected chi connectivity index (χ0v) is 15.9. The summed E-state index contributed by atoms with van der Waals surface area (Å²) in [5.41, 5.74) is -0.976. The fraction of sp³-hybridized carbons (Fsp3) is 0.667. The summed E-state index contributed by atoms with van der Waals surface area (Å²) in [5.74, 6) is 0.446. The fourth-order valence-electron chi connectivity index (χ4n) is 5.65. The van der Waals surface area contributed by atoms with Crippen molar-refractivity contribution in [2.45, 2.75) is 64.4 Å². The molecular formula is C21H28O6. The van der Waals surface area contributed by atoms with E-state index in [4.69, 9.17) is 14.9 Å². The average molecular weight is 376 g/mol. The van der Waals surface area contributed by atoms with Crippen LogP contribution in [0.4, 0.5) is 0 Å². The highest BCUT2D eigenvalue weighted by atomic mass is 16.6. The van der Waals surface area contributed by atoms with Crippen molar-refractivity contribution in [3.63, 3.8) is 0 Å². The molecular weight excluding hydrogens is 348 g/mol. The van der Waals surface area contributed by atoms with E-state index in [2.05, 4.69) is 0 Å². The first-order chi connectivity index (χ1) is 12.6. The van der Waals surface area contributed by atoms with Crippen molar-refractivity contribution in [1.82, 2.24) is 0 Å². The molecule has 1 unspecified atom stereocenters. The summed E-state index contributed by atoms with van der Waals surface area (Å²) >= 11 is 0. The van der Waals surface area contributed by atoms with E-state index in [0.717, 1.165) is 37.0 Å². The number of carbonyl (C=O) groups excluding carboxylic acids is 1. The predicted molar refractivity (Wildman–Crippen MR) is 97.9 cm³/mol. The molecule has 0 radical (unpaired) electrons. The topological polar surface area (TPSA) is 101 Å². The molecule has 5 rings (SSSR count). The second kappa shape index (κ2) is 7.13. The summed E-state index contributed by atoms with van der Waals surface area (Å²) in [5, 5.41) is 17.5. The summed E-state index contributed by atoms with van der Waals surface area (Å²) in [6, 6.07) is 0. The normalized spacial score (nSPS) is 38.4. The molecule has 6 nitrogen and oxygen atoms in total. The summed E-state index contributed by atoms with van der Waals surface area (Å²) in [7, 11) is 0. The van der Waals surface area contributed by atoms with Crippen molar-refractivity contribution in [3.8, 4) is 0 Å². The molecule has 0 amide bonds. The lowest BCUT2D eigenvalue weighted by molar-refractivity contribution is -0.184. The molecule has 0 aromatic rings. The quantitative estimate of drug-likeness (QED) is 0.730. The lowest BCUT2D eigenvalue weighted by Crippen LogP contribution is -2.52. The first-order valence-corrected chi connectivity index (χ1v) is 9.65. The Hall–Kier alpha value is -2.11. The van der Waals surface area contributed by atoms with Gasteiger partial charge < -0.3 is 14.9 Å². The van der Waals surface area contributed by atoms with Crippen LogP contribution in [0.2, 0.25) is 0 Å². The smallest absolute Gasteiger partial charge is 0.331 e. The number of hydrogen-bond acceptors (Lipinski definition) is 4. The van der Waals surface area contributed by atoms with E-state index >= 15 is 0 Å². The molecule has 5 aliphatic rings. The highest BCUT2D eigenvalue weighted by Crippen LogP contribution is 2.57. The van der Waals surface area contributed by atoms with Crippen LogP contribution in [0.1, 0.15) is 58.8 Å². The van der Waals surface area contributed by atoms with Crippen molar-refractivity contribution in [3.05, 3.63) is 23.8 Å². The molecule has 4 bridgehead atoms. The van der Waals surface area contributed by atoms with Gasteiger partial charge in [-0.15, -0.1) is 0 Å². The molecule has 0 aromatic carbocycles. The maximum atomic E-state index is 11.1. The number of ether oxygens (including phenoxy) is 1. The maximum Gasteiger partial charge on any atom is 0.331 e. The summed E-state index contributed by atoms with van der Waals surface area (Å²) in [6.45, 7) is 3.06. The molecule has 27 heavy (non-hydrogen) atoms. The van der Waals surface area contributed by atoms with Crippen LogP contribution >= 0.6 is 0 Å². The van der Waals surface area contributed by atoms with Crippen molar-refractivity contribution in [2.75, 3.05) is 0 Å². The monoisotopic (exact) mass is 376 g/mol. The van der Waals surface area contributed by atoms with Crippen molar-refractivity contribution >= 4 is 17.9 Å². The fourth-order valence-corrected chi connectivity index (χ4v) is 5.65. The Labute approximate surface area is 159 Å². The third-order valence-corrected chi connectivity index (χ3v) is 6.42. The highest BCUT2D eigenvalue weighted by Gasteiger charge is 2.52. The van der Waals surface area contributed by atoms with E-state index in [1.165, 1.54) is 44.4 Å². The molecule has 0 spiro atoms. The van der Waals surface area contributed by atoms with Crippen molar-refractivity contribution in [1.29, 1.82) is 0 Å². The van der Waals surface area contributed by atoms with Gasteiger partial charge in [0.2, 0.25) is 0 Å². The lowest BCUT2D eigenvalue weighted by Gasteiger charge is -2.55. The summed E-state index contributed by atoms with van der Waals surface area (Å²) in [6.07, 6.45) is 12.1. The molecule has 5 aliphatic carbocycles. The molecule has 4 saturated carbocycles. The van der Waals surface area contributed by atoms with Gasteiger partial charge in [-0.25, -0.2) is 4.79 Å². The van der Waals surface area contributed by atoms with E-state index < -0.39 is 17.4 Å². The predicted octanol–water partition coefficient (Wildman–Crippen LogP) is 3.57. The van der Waals surface area contributed by atoms with Crippen LogP contribution in [0.3, 0.4) is 0 Å². The first kappa shape index (κ1) is 19.6. The molecule has 0 heterocycles. The molecule has 0 aliphatic heterocycles. The minimum absolute atomic E-state index is 0.0272. The van der Waals surface area contributed by atoms with Gasteiger partial charge in [-0.2, -0.15) is 0 Å². The number of hydrogen-bond donors (Lipinski definition) is 2. The van der Waals surface area contributed by atoms with Crippen LogP contribution in [0.5, 0.6) is 0 Å². The van der Waals surface area contributed by atoms with Gasteiger partial charge in [0.05, 0.1) is 5.41 Å². The Kier molecular flexibility index (Phi) is 5.19. The van der Waals surface area contributed by atoms with E-state index in [0.29, 0.717) is 0 Å². The molecule has 6 heteroatoms. The third kappa shape index (κ3) is 4.25. The van der Waals surface area contributed by atoms with Gasteiger partial charge in [-0.3, -0.25) is 9.59 Å². The van der Waals surface area contributed by atoms with Gasteiger partial charge in [0.1, 0.15) is 5.60 Å². The second-order valence-electron chi connectivity index (χ2n) is 8.95. The van der Waals surface area contributed by atoms with Gasteiger partial charge in [0.25, 0.3) is 0 Å². The largest absolute Gasteiger partial charge is 0.481 e. The zero-order valence-electron chi connectivity index (χ0n) is 15.9. The van der Waals surface area contributed by atoms with Crippen LogP contribution in [0, 0.1) is 23.2 Å². The van der Waals surface area contributed by atoms with Crippen LogP contribution in [-0.2, 0) is 19.1 Å². The third-order valence-electron chi connectivity index (χ3n) is 6.42. The average Bonchev–Trinajstić information content (AvgIpc) is 2.52. The first-order valence-electron chi connectivity index (χ1n) is 9.65. The molecule has 148 valence electrons. The molecule has 0 saturated heterocycles.